The summed E-state index contributed by atoms with van der Waals surface area (Å²) in [4.78, 5) is 22.7. The molecule has 0 unspecified atom stereocenters. The molecule has 9 heteroatoms. The number of carbonyl (C=O) groups is 2. The van der Waals surface area contributed by atoms with Crippen LogP contribution in [0, 0.1) is 0 Å². The van der Waals surface area contributed by atoms with Gasteiger partial charge in [-0.05, 0) is 57.5 Å². The smallest absolute Gasteiger partial charge is 0.246 e. The quantitative estimate of drug-likeness (QED) is 0.0600. The largest absolute Gasteiger partial charge is 0.356 e. The van der Waals surface area contributed by atoms with Gasteiger partial charge in [0.05, 0.1) is 13.3 Å². The normalized spacial score (nSPS) is 12.5. The first-order valence-corrected chi connectivity index (χ1v) is 17.7. The number of hydrogen-bond donors (Lipinski definition) is 2. The molecule has 0 aliphatic heterocycles. The number of hydrogen-bond acceptors (Lipinski definition) is 6. The van der Waals surface area contributed by atoms with Gasteiger partial charge in [-0.1, -0.05) is 60.3 Å². The minimum absolute atomic E-state index is 0.0960. The highest BCUT2D eigenvalue weighted by molar-refractivity contribution is 7.98. The molecule has 200 valence electrons. The Labute approximate surface area is 219 Å². The van der Waals surface area contributed by atoms with Gasteiger partial charge in [-0.15, -0.1) is 0 Å². The summed E-state index contributed by atoms with van der Waals surface area (Å²) in [5, 5.41) is 5.71. The van der Waals surface area contributed by atoms with E-state index < -0.39 is 13.0 Å². The van der Waals surface area contributed by atoms with Crippen LogP contribution in [-0.2, 0) is 18.0 Å². The van der Waals surface area contributed by atoms with E-state index in [1.807, 2.05) is 6.92 Å². The molecular weight excluding hydrogens is 485 g/mol. The first-order valence-electron chi connectivity index (χ1n) is 12.9. The van der Waals surface area contributed by atoms with Crippen molar-refractivity contribution in [1.82, 2.24) is 10.6 Å². The Kier molecular flexibility index (Phi) is 16.8. The van der Waals surface area contributed by atoms with Gasteiger partial charge in [-0.3, -0.25) is 13.8 Å². The van der Waals surface area contributed by atoms with E-state index in [2.05, 4.69) is 58.0 Å². The predicted octanol–water partition coefficient (Wildman–Crippen LogP) is 6.64. The minimum atomic E-state index is -1.76. The third-order valence-electron chi connectivity index (χ3n) is 6.72. The zero-order valence-electron chi connectivity index (χ0n) is 22.9. The van der Waals surface area contributed by atoms with Crippen LogP contribution in [0.25, 0.3) is 0 Å². The molecule has 34 heavy (non-hydrogen) atoms. The maximum Gasteiger partial charge on any atom is 0.246 e. The number of nitrogens with one attached hydrogen (secondary N) is 2. The van der Waals surface area contributed by atoms with Crippen LogP contribution in [0.1, 0.15) is 86.5 Å². The molecule has 0 aliphatic rings. The highest BCUT2D eigenvalue weighted by Gasteiger charge is 2.47. The van der Waals surface area contributed by atoms with Crippen LogP contribution in [-0.4, -0.2) is 48.9 Å². The van der Waals surface area contributed by atoms with Gasteiger partial charge >= 0.3 is 0 Å². The van der Waals surface area contributed by atoms with E-state index in [1.54, 1.807) is 6.92 Å². The molecule has 0 aromatic carbocycles. The molecule has 0 aliphatic carbocycles. The van der Waals surface area contributed by atoms with E-state index >= 15 is 0 Å². The Morgan fingerprint density at radius 3 is 2.00 bits per heavy atom. The second-order valence-electron chi connectivity index (χ2n) is 9.47. The van der Waals surface area contributed by atoms with Gasteiger partial charge in [0.15, 0.2) is 4.93 Å². The van der Waals surface area contributed by atoms with Crippen molar-refractivity contribution in [3.8, 4) is 0 Å². The van der Waals surface area contributed by atoms with Gasteiger partial charge in [-0.25, -0.2) is 0 Å². The van der Waals surface area contributed by atoms with E-state index in [-0.39, 0.29) is 17.0 Å². The lowest BCUT2D eigenvalue weighted by Gasteiger charge is -2.45. The first-order chi connectivity index (χ1) is 16.0. The van der Waals surface area contributed by atoms with Crippen molar-refractivity contribution in [3.05, 3.63) is 12.2 Å². The van der Waals surface area contributed by atoms with Crippen LogP contribution in [0.2, 0.25) is 19.1 Å². The van der Waals surface area contributed by atoms with Crippen molar-refractivity contribution in [2.45, 2.75) is 116 Å². The third-order valence-corrected chi connectivity index (χ3v) is 14.1. The summed E-state index contributed by atoms with van der Waals surface area (Å²) in [6.07, 6.45) is 5.99. The fourth-order valence-electron chi connectivity index (χ4n) is 3.84. The van der Waals surface area contributed by atoms with Crippen molar-refractivity contribution >= 4 is 44.0 Å². The highest BCUT2D eigenvalue weighted by atomic mass is 32.2. The standard InChI is InChI=1S/C25H50N2O4S2Si/c1-10-22(28)26-18-16-20-34(8,9)25(13-4,14-5)31-33-24(11-2,12-3)30-32-19-15-17-27-23(29)21(6)7/h6,10-20H2,1-5,7-9H3,(H,26,28)(H,27,29). The highest BCUT2D eigenvalue weighted by Crippen LogP contribution is 2.45. The summed E-state index contributed by atoms with van der Waals surface area (Å²) in [7, 11) is -1.76. The van der Waals surface area contributed by atoms with Gasteiger partial charge in [0.25, 0.3) is 0 Å². The molecule has 0 saturated heterocycles. The molecule has 6 nitrogen and oxygen atoms in total. The Morgan fingerprint density at radius 2 is 1.50 bits per heavy atom. The molecule has 0 spiro atoms. The molecule has 0 aromatic rings. The minimum Gasteiger partial charge on any atom is -0.356 e. The van der Waals surface area contributed by atoms with Crippen molar-refractivity contribution in [3.63, 3.8) is 0 Å². The Morgan fingerprint density at radius 1 is 0.912 bits per heavy atom. The van der Waals surface area contributed by atoms with Gasteiger partial charge in [-0.2, -0.15) is 0 Å². The van der Waals surface area contributed by atoms with Crippen LogP contribution >= 0.6 is 24.1 Å². The fraction of sp³-hybridized carbons (Fsp3) is 0.840. The molecule has 2 amide bonds. The molecule has 0 bridgehead atoms. The summed E-state index contributed by atoms with van der Waals surface area (Å²) in [6.45, 7) is 22.2. The SMILES string of the molecule is C=C(C)C(=O)NCCCSOC(CC)(CC)SOC(CC)(CC)[Si](C)(C)CCCNC(=O)CC. The zero-order valence-corrected chi connectivity index (χ0v) is 25.6. The van der Waals surface area contributed by atoms with Crippen LogP contribution in [0.5, 0.6) is 0 Å². The van der Waals surface area contributed by atoms with Crippen molar-refractivity contribution < 1.29 is 18.0 Å². The van der Waals surface area contributed by atoms with Crippen LogP contribution in [0.15, 0.2) is 12.2 Å². The molecule has 0 atom stereocenters. The third kappa shape index (κ3) is 11.1. The molecule has 0 saturated carbocycles. The van der Waals surface area contributed by atoms with E-state index in [0.717, 1.165) is 56.9 Å². The van der Waals surface area contributed by atoms with Crippen LogP contribution in [0.4, 0.5) is 0 Å². The first kappa shape index (κ1) is 33.5. The van der Waals surface area contributed by atoms with Gasteiger partial charge in [0, 0.05) is 42.9 Å². The van der Waals surface area contributed by atoms with Crippen molar-refractivity contribution in [1.29, 1.82) is 0 Å². The van der Waals surface area contributed by atoms with Crippen molar-refractivity contribution in [2.75, 3.05) is 18.8 Å². The second-order valence-corrected chi connectivity index (χ2v) is 16.5. The van der Waals surface area contributed by atoms with Gasteiger partial charge < -0.3 is 14.8 Å². The summed E-state index contributed by atoms with van der Waals surface area (Å²) < 4.78 is 13.1. The fourth-order valence-corrected chi connectivity index (χ4v) is 10.1. The Bertz CT molecular complexity index is 624. The Hall–Kier alpha value is -0.483. The molecule has 0 rings (SSSR count). The number of rotatable bonds is 20. The van der Waals surface area contributed by atoms with Crippen molar-refractivity contribution in [2.24, 2.45) is 0 Å². The summed E-state index contributed by atoms with van der Waals surface area (Å²) in [5.74, 6) is 0.822. The van der Waals surface area contributed by atoms with Gasteiger partial charge in [0.1, 0.15) is 0 Å². The maximum absolute atomic E-state index is 11.6. The lowest BCUT2D eigenvalue weighted by Crippen LogP contribution is -2.55. The molecule has 0 radical (unpaired) electrons. The zero-order chi connectivity index (χ0) is 26.3. The molecule has 2 N–H and O–H groups in total. The number of amides is 2. The molecule has 0 heterocycles. The summed E-state index contributed by atoms with van der Waals surface area (Å²) >= 11 is 2.97. The van der Waals surface area contributed by atoms with E-state index in [9.17, 15) is 9.59 Å². The lowest BCUT2D eigenvalue weighted by molar-refractivity contribution is -0.120. The van der Waals surface area contributed by atoms with E-state index in [1.165, 1.54) is 24.1 Å². The van der Waals surface area contributed by atoms with Crippen LogP contribution < -0.4 is 10.6 Å². The Balaban J connectivity index is 4.93. The van der Waals surface area contributed by atoms with E-state index in [4.69, 9.17) is 8.37 Å². The summed E-state index contributed by atoms with van der Waals surface area (Å²) in [6, 6.07) is 1.11. The monoisotopic (exact) mass is 534 g/mol. The average Bonchev–Trinajstić information content (AvgIpc) is 2.82. The number of carbonyl (C=O) groups excluding carboxylic acids is 2. The molecular formula is C25H50N2O4S2Si. The maximum atomic E-state index is 11.6. The van der Waals surface area contributed by atoms with Crippen LogP contribution in [0.3, 0.4) is 0 Å². The molecule has 0 aromatic heterocycles. The average molecular weight is 535 g/mol. The topological polar surface area (TPSA) is 76.7 Å². The predicted molar refractivity (Wildman–Crippen MR) is 151 cm³/mol. The second kappa shape index (κ2) is 17.1. The summed E-state index contributed by atoms with van der Waals surface area (Å²) in [5.41, 5.74) is 0.529. The lowest BCUT2D eigenvalue weighted by atomic mass is 10.2. The van der Waals surface area contributed by atoms with E-state index in [0.29, 0.717) is 18.5 Å². The van der Waals surface area contributed by atoms with Gasteiger partial charge in [0.2, 0.25) is 11.8 Å². The molecule has 0 fully saturated rings.